The molecule has 4 amide bonds. The molecule has 0 aliphatic carbocycles. The third-order valence-electron chi connectivity index (χ3n) is 7.43. The molecule has 0 aliphatic heterocycles. The molecule has 0 unspecified atom stereocenters. The van der Waals surface area contributed by atoms with Gasteiger partial charge >= 0.3 is 6.09 Å². The predicted molar refractivity (Wildman–Crippen MR) is 186 cm³/mol. The van der Waals surface area contributed by atoms with Crippen LogP contribution in [0.15, 0.2) is 60.7 Å². The first-order chi connectivity index (χ1) is 22.3. The summed E-state index contributed by atoms with van der Waals surface area (Å²) < 4.78 is 5.64. The van der Waals surface area contributed by atoms with Crippen molar-refractivity contribution in [3.63, 3.8) is 0 Å². The molecule has 0 fully saturated rings. The fourth-order valence-corrected chi connectivity index (χ4v) is 5.38. The molecule has 13 heteroatoms. The second kappa shape index (κ2) is 20.3. The van der Waals surface area contributed by atoms with E-state index in [1.807, 2.05) is 76.2 Å². The zero-order valence-electron chi connectivity index (χ0n) is 27.7. The Labute approximate surface area is 286 Å². The summed E-state index contributed by atoms with van der Waals surface area (Å²) in [7, 11) is 0. The number of alkyl halides is 1. The zero-order chi connectivity index (χ0) is 34.9. The minimum absolute atomic E-state index is 0.0215. The third kappa shape index (κ3) is 14.1. The molecule has 258 valence electrons. The Hall–Kier alpha value is -3.97. The molecule has 2 rings (SSSR count). The van der Waals surface area contributed by atoms with E-state index in [9.17, 15) is 19.2 Å². The zero-order valence-corrected chi connectivity index (χ0v) is 29.3. The Morgan fingerprint density at radius 1 is 0.915 bits per heavy atom. The Morgan fingerprint density at radius 3 is 2.06 bits per heavy atom. The molecule has 2 aromatic carbocycles. The van der Waals surface area contributed by atoms with E-state index in [0.717, 1.165) is 16.0 Å². The van der Waals surface area contributed by atoms with Crippen molar-refractivity contribution in [2.75, 3.05) is 13.1 Å². The lowest BCUT2D eigenvalue weighted by Gasteiger charge is -2.35. The molecule has 0 radical (unpaired) electrons. The summed E-state index contributed by atoms with van der Waals surface area (Å²) in [6.07, 6.45) is 0.573. The number of benzene rings is 2. The normalized spacial score (nSPS) is 13.6. The minimum atomic E-state index is -1.08. The van der Waals surface area contributed by atoms with E-state index < -0.39 is 40.9 Å². The Kier molecular flexibility index (Phi) is 16.9. The highest BCUT2D eigenvalue weighted by molar-refractivity contribution is 9.10. The lowest BCUT2D eigenvalue weighted by molar-refractivity contribution is -0.138. The van der Waals surface area contributed by atoms with Gasteiger partial charge in [0.05, 0.1) is 16.9 Å². The van der Waals surface area contributed by atoms with Crippen molar-refractivity contribution in [1.29, 1.82) is 5.41 Å². The van der Waals surface area contributed by atoms with E-state index in [0.29, 0.717) is 19.4 Å². The topological polar surface area (TPSA) is 193 Å². The number of ether oxygens (including phenoxy) is 1. The quantitative estimate of drug-likeness (QED) is 0.0585. The number of halogens is 1. The standard InChI is InChI=1S/C34H50BrN7O5/c1-22(2)18-28(41-31(44)27(36)16-11-17-39-33(37)38)32(45)42(34(46)47-21-25-14-9-6-10-15-25)29(23(3)4)20-40-30(43)26(35)19-24-12-7-5-8-13-24/h5-10,12-15,22-23,26-29H,11,16-21,36H2,1-4H3,(H,40,43)(H,41,44)(H4,37,38,39)/t26-,27+,28+,29-/m1/s1. The van der Waals surface area contributed by atoms with Gasteiger partial charge in [0.2, 0.25) is 11.8 Å². The van der Waals surface area contributed by atoms with Gasteiger partial charge in [-0.1, -0.05) is 104 Å². The predicted octanol–water partition coefficient (Wildman–Crippen LogP) is 3.42. The summed E-state index contributed by atoms with van der Waals surface area (Å²) in [6, 6.07) is 15.9. The van der Waals surface area contributed by atoms with E-state index in [2.05, 4.69) is 31.9 Å². The Morgan fingerprint density at radius 2 is 1.51 bits per heavy atom. The van der Waals surface area contributed by atoms with Crippen molar-refractivity contribution in [2.24, 2.45) is 23.3 Å². The van der Waals surface area contributed by atoms with Crippen molar-refractivity contribution >= 4 is 45.7 Å². The van der Waals surface area contributed by atoms with E-state index >= 15 is 0 Å². The van der Waals surface area contributed by atoms with E-state index in [-0.39, 0.29) is 49.7 Å². The lowest BCUT2D eigenvalue weighted by atomic mass is 9.98. The van der Waals surface area contributed by atoms with E-state index in [4.69, 9.17) is 21.6 Å². The maximum absolute atomic E-state index is 14.3. The Balaban J connectivity index is 2.29. The highest BCUT2D eigenvalue weighted by Gasteiger charge is 2.39. The highest BCUT2D eigenvalue weighted by atomic mass is 79.9. The number of carbonyl (C=O) groups excluding carboxylic acids is 4. The van der Waals surface area contributed by atoms with Crippen LogP contribution in [0.25, 0.3) is 0 Å². The van der Waals surface area contributed by atoms with Gasteiger partial charge in [0.15, 0.2) is 5.96 Å². The molecule has 47 heavy (non-hydrogen) atoms. The molecule has 0 aromatic heterocycles. The first-order valence-corrected chi connectivity index (χ1v) is 16.8. The number of amides is 4. The summed E-state index contributed by atoms with van der Waals surface area (Å²) in [5.41, 5.74) is 13.2. The summed E-state index contributed by atoms with van der Waals surface area (Å²) in [4.78, 5) is 54.8. The van der Waals surface area contributed by atoms with Crippen LogP contribution in [0.4, 0.5) is 4.79 Å². The van der Waals surface area contributed by atoms with Gasteiger partial charge in [-0.05, 0) is 48.6 Å². The second-order valence-electron chi connectivity index (χ2n) is 12.2. The number of guanidine groups is 1. The molecule has 4 atom stereocenters. The smallest absolute Gasteiger partial charge is 0.417 e. The third-order valence-corrected chi connectivity index (χ3v) is 8.17. The van der Waals surface area contributed by atoms with Gasteiger partial charge < -0.3 is 32.2 Å². The van der Waals surface area contributed by atoms with Crippen LogP contribution < -0.4 is 27.4 Å². The van der Waals surface area contributed by atoms with E-state index in [1.165, 1.54) is 0 Å². The molecule has 12 nitrogen and oxygen atoms in total. The first kappa shape index (κ1) is 39.2. The van der Waals surface area contributed by atoms with Crippen molar-refractivity contribution < 1.29 is 23.9 Å². The summed E-state index contributed by atoms with van der Waals surface area (Å²) in [5, 5.41) is 15.6. The van der Waals surface area contributed by atoms with Gasteiger partial charge in [-0.25, -0.2) is 9.69 Å². The van der Waals surface area contributed by atoms with Crippen LogP contribution in [0.1, 0.15) is 58.1 Å². The highest BCUT2D eigenvalue weighted by Crippen LogP contribution is 2.19. The SMILES string of the molecule is CC(C)C[C@H](NC(=O)[C@@H](N)CCCNC(=N)N)C(=O)N(C(=O)OCc1ccccc1)[C@H](CNC(=O)[C@H](Br)Cc1ccccc1)C(C)C. The molecular formula is C34H50BrN7O5. The lowest BCUT2D eigenvalue weighted by Crippen LogP contribution is -2.59. The summed E-state index contributed by atoms with van der Waals surface area (Å²) in [6.45, 7) is 7.78. The van der Waals surface area contributed by atoms with Gasteiger partial charge in [0.25, 0.3) is 5.91 Å². The van der Waals surface area contributed by atoms with Crippen LogP contribution in [0.2, 0.25) is 0 Å². The molecule has 0 heterocycles. The van der Waals surface area contributed by atoms with Gasteiger partial charge in [0, 0.05) is 13.1 Å². The molecule has 0 saturated heterocycles. The Bertz CT molecular complexity index is 1300. The van der Waals surface area contributed by atoms with Crippen LogP contribution in [0.5, 0.6) is 0 Å². The fourth-order valence-electron chi connectivity index (χ4n) is 4.85. The van der Waals surface area contributed by atoms with E-state index in [1.54, 1.807) is 12.1 Å². The largest absolute Gasteiger partial charge is 0.444 e. The van der Waals surface area contributed by atoms with Crippen LogP contribution >= 0.6 is 15.9 Å². The van der Waals surface area contributed by atoms with Crippen LogP contribution in [-0.2, 0) is 32.1 Å². The number of hydrogen-bond donors (Lipinski definition) is 6. The van der Waals surface area contributed by atoms with Crippen LogP contribution in [0, 0.1) is 17.2 Å². The van der Waals surface area contributed by atoms with Crippen molar-refractivity contribution in [2.45, 2.75) is 82.9 Å². The maximum atomic E-state index is 14.3. The number of imide groups is 1. The second-order valence-corrected chi connectivity index (χ2v) is 13.3. The average molecular weight is 717 g/mol. The summed E-state index contributed by atoms with van der Waals surface area (Å²) in [5.74, 6) is -1.96. The minimum Gasteiger partial charge on any atom is -0.444 e. The van der Waals surface area contributed by atoms with Crippen molar-refractivity contribution in [3.05, 3.63) is 71.8 Å². The molecule has 0 aliphatic rings. The molecule has 2 aromatic rings. The number of hydrogen-bond acceptors (Lipinski definition) is 7. The molecule has 0 spiro atoms. The fraction of sp³-hybridized carbons (Fsp3) is 0.500. The number of rotatable bonds is 18. The van der Waals surface area contributed by atoms with Gasteiger partial charge in [-0.2, -0.15) is 0 Å². The summed E-state index contributed by atoms with van der Waals surface area (Å²) >= 11 is 3.47. The maximum Gasteiger partial charge on any atom is 0.417 e. The molecular weight excluding hydrogens is 666 g/mol. The van der Waals surface area contributed by atoms with Crippen molar-refractivity contribution in [3.8, 4) is 0 Å². The number of nitrogens with zero attached hydrogens (tertiary/aromatic N) is 1. The van der Waals surface area contributed by atoms with Gasteiger partial charge in [-0.3, -0.25) is 19.8 Å². The van der Waals surface area contributed by atoms with Gasteiger partial charge in [0.1, 0.15) is 12.6 Å². The van der Waals surface area contributed by atoms with Crippen LogP contribution in [0.3, 0.4) is 0 Å². The van der Waals surface area contributed by atoms with Crippen LogP contribution in [-0.4, -0.2) is 70.7 Å². The number of nitrogens with two attached hydrogens (primary N) is 2. The number of carbonyl (C=O) groups is 4. The number of nitrogens with one attached hydrogen (secondary N) is 4. The average Bonchev–Trinajstić information content (AvgIpc) is 3.03. The molecule has 0 saturated carbocycles. The van der Waals surface area contributed by atoms with Crippen molar-refractivity contribution in [1.82, 2.24) is 20.9 Å². The molecule has 0 bridgehead atoms. The first-order valence-electron chi connectivity index (χ1n) is 15.9. The monoisotopic (exact) mass is 715 g/mol. The molecule has 8 N–H and O–H groups in total. The van der Waals surface area contributed by atoms with Gasteiger partial charge in [-0.15, -0.1) is 0 Å².